The summed E-state index contributed by atoms with van der Waals surface area (Å²) in [5.74, 6) is 0.489. The molecule has 0 heterocycles. The van der Waals surface area contributed by atoms with Gasteiger partial charge in [0.2, 0.25) is 0 Å². The smallest absolute Gasteiger partial charge is 0.196 e. The zero-order chi connectivity index (χ0) is 22.7. The van der Waals surface area contributed by atoms with Crippen LogP contribution in [0.1, 0.15) is 28.4 Å². The van der Waals surface area contributed by atoms with Gasteiger partial charge in [-0.3, -0.25) is 4.79 Å². The zero-order valence-electron chi connectivity index (χ0n) is 17.9. The first-order valence-electron chi connectivity index (χ1n) is 10.3. The molecule has 0 aliphatic carbocycles. The van der Waals surface area contributed by atoms with Gasteiger partial charge in [-0.2, -0.15) is 0 Å². The average Bonchev–Trinajstić information content (AvgIpc) is 2.84. The second-order valence-corrected chi connectivity index (χ2v) is 7.34. The maximum atomic E-state index is 13.9. The normalized spacial score (nSPS) is 10.6. The first-order chi connectivity index (χ1) is 15.6. The lowest BCUT2D eigenvalue weighted by molar-refractivity contribution is 0.104. The standard InChI is InChI=1S/C26H22N4O2/c1-3-16-10-13-22(21-7-5-4-6-19(16)21)26(31)24-20(14-15-23(25(24)27)29-30-28)17-8-11-18(32-2)12-9-17/h4-15H,3,27H2,1-2H3. The van der Waals surface area contributed by atoms with Gasteiger partial charge in [0.25, 0.3) is 0 Å². The van der Waals surface area contributed by atoms with Crippen LogP contribution in [0.4, 0.5) is 11.4 Å². The van der Waals surface area contributed by atoms with Crippen molar-refractivity contribution in [2.45, 2.75) is 13.3 Å². The predicted octanol–water partition coefficient (Wildman–Crippen LogP) is 6.83. The predicted molar refractivity (Wildman–Crippen MR) is 128 cm³/mol. The Balaban J connectivity index is 1.97. The Labute approximate surface area is 185 Å². The van der Waals surface area contributed by atoms with Gasteiger partial charge in [0.05, 0.1) is 24.0 Å². The number of hydrogen-bond donors (Lipinski definition) is 1. The summed E-state index contributed by atoms with van der Waals surface area (Å²) >= 11 is 0. The Morgan fingerprint density at radius 2 is 1.72 bits per heavy atom. The lowest BCUT2D eigenvalue weighted by atomic mass is 9.88. The summed E-state index contributed by atoms with van der Waals surface area (Å²) in [7, 11) is 1.60. The van der Waals surface area contributed by atoms with E-state index in [9.17, 15) is 4.79 Å². The molecule has 0 atom stereocenters. The Morgan fingerprint density at radius 1 is 1.00 bits per heavy atom. The molecule has 0 amide bonds. The van der Waals surface area contributed by atoms with Crippen molar-refractivity contribution in [3.63, 3.8) is 0 Å². The number of ketones is 1. The number of carbonyl (C=O) groups excluding carboxylic acids is 1. The summed E-state index contributed by atoms with van der Waals surface area (Å²) in [6, 6.07) is 22.5. The van der Waals surface area contributed by atoms with Gasteiger partial charge in [0.15, 0.2) is 5.78 Å². The van der Waals surface area contributed by atoms with E-state index in [-0.39, 0.29) is 17.2 Å². The molecule has 0 radical (unpaired) electrons. The van der Waals surface area contributed by atoms with Gasteiger partial charge in [-0.15, -0.1) is 0 Å². The molecule has 4 aromatic rings. The molecule has 32 heavy (non-hydrogen) atoms. The molecule has 0 saturated heterocycles. The third-order valence-corrected chi connectivity index (χ3v) is 5.64. The van der Waals surface area contributed by atoms with Gasteiger partial charge in [0.1, 0.15) is 5.75 Å². The van der Waals surface area contributed by atoms with E-state index in [2.05, 4.69) is 16.9 Å². The highest BCUT2D eigenvalue weighted by Crippen LogP contribution is 2.38. The number of aryl methyl sites for hydroxylation is 1. The van der Waals surface area contributed by atoms with E-state index in [0.29, 0.717) is 22.4 Å². The summed E-state index contributed by atoms with van der Waals surface area (Å²) in [5.41, 5.74) is 19.2. The number of methoxy groups -OCH3 is 1. The molecule has 0 saturated carbocycles. The number of azide groups is 1. The van der Waals surface area contributed by atoms with E-state index in [1.54, 1.807) is 19.2 Å². The largest absolute Gasteiger partial charge is 0.497 e. The molecule has 2 N–H and O–H groups in total. The van der Waals surface area contributed by atoms with Gasteiger partial charge < -0.3 is 10.5 Å². The van der Waals surface area contributed by atoms with Crippen LogP contribution in [-0.4, -0.2) is 12.9 Å². The van der Waals surface area contributed by atoms with Crippen molar-refractivity contribution in [1.29, 1.82) is 0 Å². The van der Waals surface area contributed by atoms with E-state index < -0.39 is 0 Å². The molecule has 0 aromatic heterocycles. The molecule has 0 aliphatic rings. The lowest BCUT2D eigenvalue weighted by Crippen LogP contribution is -2.09. The van der Waals surface area contributed by atoms with Crippen LogP contribution in [-0.2, 0) is 6.42 Å². The van der Waals surface area contributed by atoms with Crippen LogP contribution in [0.3, 0.4) is 0 Å². The van der Waals surface area contributed by atoms with Crippen LogP contribution in [0.5, 0.6) is 5.75 Å². The number of fused-ring (bicyclic) bond motifs is 1. The van der Waals surface area contributed by atoms with Gasteiger partial charge >= 0.3 is 0 Å². The number of hydrogen-bond acceptors (Lipinski definition) is 4. The maximum Gasteiger partial charge on any atom is 0.196 e. The molecule has 158 valence electrons. The minimum atomic E-state index is -0.220. The zero-order valence-corrected chi connectivity index (χ0v) is 17.9. The van der Waals surface area contributed by atoms with Crippen LogP contribution in [0.15, 0.2) is 77.9 Å². The van der Waals surface area contributed by atoms with Crippen molar-refractivity contribution in [3.05, 3.63) is 99.9 Å². The average molecular weight is 422 g/mol. The van der Waals surface area contributed by atoms with Gasteiger partial charge in [-0.1, -0.05) is 66.6 Å². The number of anilines is 1. The molecule has 6 nitrogen and oxygen atoms in total. The summed E-state index contributed by atoms with van der Waals surface area (Å²) in [6.45, 7) is 2.09. The first kappa shape index (κ1) is 21.0. The minimum absolute atomic E-state index is 0.157. The molecule has 0 bridgehead atoms. The van der Waals surface area contributed by atoms with Gasteiger partial charge in [-0.25, -0.2) is 0 Å². The van der Waals surface area contributed by atoms with Crippen LogP contribution < -0.4 is 10.5 Å². The lowest BCUT2D eigenvalue weighted by Gasteiger charge is -2.16. The number of benzene rings is 4. The number of rotatable bonds is 6. The molecular weight excluding hydrogens is 400 g/mol. The molecule has 0 spiro atoms. The SMILES string of the molecule is CCc1ccc(C(=O)c2c(-c3ccc(OC)cc3)ccc(N=[N+]=[N-])c2N)c2ccccc12. The van der Waals surface area contributed by atoms with Crippen molar-refractivity contribution >= 4 is 27.9 Å². The van der Waals surface area contributed by atoms with Crippen LogP contribution >= 0.6 is 0 Å². The highest BCUT2D eigenvalue weighted by molar-refractivity contribution is 6.22. The van der Waals surface area contributed by atoms with E-state index in [4.69, 9.17) is 16.0 Å². The van der Waals surface area contributed by atoms with E-state index in [0.717, 1.165) is 22.8 Å². The highest BCUT2D eigenvalue weighted by Gasteiger charge is 2.22. The van der Waals surface area contributed by atoms with Crippen LogP contribution in [0.2, 0.25) is 0 Å². The fraction of sp³-hybridized carbons (Fsp3) is 0.115. The number of nitrogens with zero attached hydrogens (tertiary/aromatic N) is 3. The summed E-state index contributed by atoms with van der Waals surface area (Å²) in [6.07, 6.45) is 0.862. The van der Waals surface area contributed by atoms with Crippen molar-refractivity contribution in [2.24, 2.45) is 5.11 Å². The Morgan fingerprint density at radius 3 is 2.38 bits per heavy atom. The minimum Gasteiger partial charge on any atom is -0.497 e. The number of nitrogen functional groups attached to an aromatic ring is 1. The topological polar surface area (TPSA) is 101 Å². The first-order valence-corrected chi connectivity index (χ1v) is 10.3. The Kier molecular flexibility index (Phi) is 5.79. The fourth-order valence-electron chi connectivity index (χ4n) is 4.00. The molecule has 4 aromatic carbocycles. The second kappa shape index (κ2) is 8.84. The number of carbonyl (C=O) groups is 1. The van der Waals surface area contributed by atoms with E-state index in [1.165, 1.54) is 5.56 Å². The number of nitrogens with two attached hydrogens (primary N) is 1. The van der Waals surface area contributed by atoms with E-state index in [1.807, 2.05) is 60.7 Å². The Bertz CT molecular complexity index is 1370. The van der Waals surface area contributed by atoms with Gasteiger partial charge in [0, 0.05) is 10.5 Å². The quantitative estimate of drug-likeness (QED) is 0.121. The van der Waals surface area contributed by atoms with Crippen molar-refractivity contribution < 1.29 is 9.53 Å². The Hall–Kier alpha value is -4.28. The highest BCUT2D eigenvalue weighted by atomic mass is 16.5. The molecular formula is C26H22N4O2. The molecule has 0 unspecified atom stereocenters. The monoisotopic (exact) mass is 422 g/mol. The number of ether oxygens (including phenoxy) is 1. The molecule has 0 aliphatic heterocycles. The summed E-state index contributed by atoms with van der Waals surface area (Å²) < 4.78 is 5.25. The third kappa shape index (κ3) is 3.64. The summed E-state index contributed by atoms with van der Waals surface area (Å²) in [4.78, 5) is 16.8. The maximum absolute atomic E-state index is 13.9. The molecule has 6 heteroatoms. The van der Waals surface area contributed by atoms with Crippen LogP contribution in [0, 0.1) is 0 Å². The van der Waals surface area contributed by atoms with Crippen molar-refractivity contribution in [1.82, 2.24) is 0 Å². The summed E-state index contributed by atoms with van der Waals surface area (Å²) in [5, 5.41) is 5.58. The van der Waals surface area contributed by atoms with Crippen molar-refractivity contribution in [3.8, 4) is 16.9 Å². The van der Waals surface area contributed by atoms with Crippen molar-refractivity contribution in [2.75, 3.05) is 12.8 Å². The molecule has 0 fully saturated rings. The van der Waals surface area contributed by atoms with Gasteiger partial charge in [-0.05, 0) is 57.6 Å². The van der Waals surface area contributed by atoms with Crippen LogP contribution in [0.25, 0.3) is 32.3 Å². The van der Waals surface area contributed by atoms with E-state index >= 15 is 0 Å². The third-order valence-electron chi connectivity index (χ3n) is 5.64. The second-order valence-electron chi connectivity index (χ2n) is 7.34. The fourth-order valence-corrected chi connectivity index (χ4v) is 4.00. The molecule has 4 rings (SSSR count).